The second-order valence-electron chi connectivity index (χ2n) is 14.8. The van der Waals surface area contributed by atoms with Gasteiger partial charge in [0.2, 0.25) is 23.1 Å². The van der Waals surface area contributed by atoms with Crippen molar-refractivity contribution in [3.63, 3.8) is 0 Å². The van der Waals surface area contributed by atoms with E-state index in [0.717, 1.165) is 32.3 Å². The fourth-order valence-corrected chi connectivity index (χ4v) is 8.97. The number of rotatable bonds is 3. The first kappa shape index (κ1) is 31.5. The largest absolute Gasteiger partial charge is 0.489 e. The average molecular weight is 709 g/mol. The highest BCUT2D eigenvalue weighted by molar-refractivity contribution is 6.39. The Labute approximate surface area is 315 Å². The molecule has 0 saturated carbocycles. The van der Waals surface area contributed by atoms with E-state index in [0.29, 0.717) is 16.7 Å². The summed E-state index contributed by atoms with van der Waals surface area (Å²) in [7, 11) is 2.77. The number of methoxy groups -OCH3 is 2. The molecule has 0 N–H and O–H groups in total. The molecule has 4 heteroatoms. The number of hydrogen-bond acceptors (Lipinski definition) is 4. The van der Waals surface area contributed by atoms with Crippen LogP contribution in [-0.4, -0.2) is 25.8 Å². The van der Waals surface area contributed by atoms with Gasteiger partial charge in [0.1, 0.15) is 0 Å². The monoisotopic (exact) mass is 708 g/mol. The molecule has 0 unspecified atom stereocenters. The maximum Gasteiger partial charge on any atom is 0.232 e. The van der Waals surface area contributed by atoms with Gasteiger partial charge in [0, 0.05) is 11.1 Å². The molecule has 0 heterocycles. The first-order valence-corrected chi connectivity index (χ1v) is 18.4. The summed E-state index contributed by atoms with van der Waals surface area (Å²) in [4.78, 5) is 27.1. The molecule has 1 aliphatic rings. The minimum Gasteiger partial charge on any atom is -0.489 e. The Kier molecular flexibility index (Phi) is 6.57. The fraction of sp³-hybridized carbons (Fsp3) is 0.0588. The maximum absolute atomic E-state index is 13.8. The smallest absolute Gasteiger partial charge is 0.232 e. The Hall–Kier alpha value is -7.04. The quantitative estimate of drug-likeness (QED) is 0.104. The normalized spacial score (nSPS) is 14.0. The van der Waals surface area contributed by atoms with Crippen molar-refractivity contribution < 1.29 is 19.1 Å². The molecule has 0 radical (unpaired) electrons. The van der Waals surface area contributed by atoms with Crippen molar-refractivity contribution in [3.05, 3.63) is 162 Å². The molecular formula is C51H32O4. The van der Waals surface area contributed by atoms with E-state index in [4.69, 9.17) is 9.47 Å². The molecule has 0 atom stereocenters. The first-order valence-electron chi connectivity index (χ1n) is 18.4. The van der Waals surface area contributed by atoms with Crippen LogP contribution < -0.4 is 0 Å². The lowest BCUT2D eigenvalue weighted by Gasteiger charge is -2.21. The van der Waals surface area contributed by atoms with Crippen LogP contribution in [0.25, 0.3) is 103 Å². The number of benzene rings is 10. The minimum absolute atomic E-state index is 0.0607. The molecule has 4 nitrogen and oxygen atoms in total. The third-order valence-corrected chi connectivity index (χ3v) is 11.7. The van der Waals surface area contributed by atoms with Gasteiger partial charge >= 0.3 is 0 Å². The average Bonchev–Trinajstić information content (AvgIpc) is 3.19. The second-order valence-corrected chi connectivity index (χ2v) is 14.8. The molecule has 0 spiro atoms. The molecule has 0 bridgehead atoms. The van der Waals surface area contributed by atoms with Crippen LogP contribution in [0.3, 0.4) is 0 Å². The number of ketones is 2. The first-order chi connectivity index (χ1) is 26.8. The number of carbonyl (C=O) groups excluding carboxylic acids is 2. The Morgan fingerprint density at radius 2 is 0.691 bits per heavy atom. The van der Waals surface area contributed by atoms with Crippen molar-refractivity contribution in [2.24, 2.45) is 0 Å². The van der Waals surface area contributed by atoms with E-state index < -0.39 is 0 Å². The summed E-state index contributed by atoms with van der Waals surface area (Å²) in [6.45, 7) is 1.68. The molecular weight excluding hydrogens is 677 g/mol. The predicted molar refractivity (Wildman–Crippen MR) is 228 cm³/mol. The zero-order chi connectivity index (χ0) is 37.1. The number of carbonyl (C=O) groups is 2. The van der Waals surface area contributed by atoms with Crippen molar-refractivity contribution in [1.82, 2.24) is 0 Å². The van der Waals surface area contributed by atoms with Gasteiger partial charge in [-0.3, -0.25) is 9.59 Å². The van der Waals surface area contributed by atoms with Gasteiger partial charge in [-0.1, -0.05) is 54.6 Å². The second kappa shape index (κ2) is 11.5. The van der Waals surface area contributed by atoms with Crippen LogP contribution in [0, 0.1) is 0 Å². The van der Waals surface area contributed by atoms with Crippen LogP contribution in [0.5, 0.6) is 0 Å². The number of fused-ring (bicyclic) bond motifs is 10. The molecule has 0 aromatic heterocycles. The molecule has 260 valence electrons. The molecule has 0 saturated heterocycles. The summed E-state index contributed by atoms with van der Waals surface area (Å²) in [6, 6.07) is 50.8. The van der Waals surface area contributed by atoms with E-state index in [9.17, 15) is 9.59 Å². The molecule has 11 rings (SSSR count). The van der Waals surface area contributed by atoms with Crippen LogP contribution in [0.2, 0.25) is 0 Å². The van der Waals surface area contributed by atoms with Gasteiger partial charge in [-0.15, -0.1) is 0 Å². The van der Waals surface area contributed by atoms with Crippen molar-refractivity contribution >= 4 is 114 Å². The Morgan fingerprint density at radius 3 is 1.15 bits per heavy atom. The molecule has 1 aliphatic carbocycles. The van der Waals surface area contributed by atoms with E-state index in [1.807, 2.05) is 18.2 Å². The molecule has 55 heavy (non-hydrogen) atoms. The molecule has 10 aromatic rings. The van der Waals surface area contributed by atoms with E-state index in [1.165, 1.54) is 78.9 Å². The summed E-state index contributed by atoms with van der Waals surface area (Å²) in [5.74, 6) is -0.836. The zero-order valence-electron chi connectivity index (χ0n) is 30.4. The third-order valence-electron chi connectivity index (χ3n) is 11.7. The van der Waals surface area contributed by atoms with Crippen molar-refractivity contribution in [1.29, 1.82) is 0 Å². The Morgan fingerprint density at radius 1 is 0.345 bits per heavy atom. The summed E-state index contributed by atoms with van der Waals surface area (Å²) < 4.78 is 10.7. The molecule has 0 fully saturated rings. The van der Waals surface area contributed by atoms with Crippen LogP contribution in [0.15, 0.2) is 157 Å². The van der Waals surface area contributed by atoms with Gasteiger partial charge in [0.25, 0.3) is 0 Å². The van der Waals surface area contributed by atoms with Crippen molar-refractivity contribution in [2.45, 2.75) is 6.92 Å². The molecule has 0 amide bonds. The highest BCUT2D eigenvalue weighted by atomic mass is 16.5. The number of ether oxygens (including phenoxy) is 2. The van der Waals surface area contributed by atoms with E-state index >= 15 is 0 Å². The SMILES string of the molecule is COC1=C(OC)C(=O)C(c2cccc3cc4cc5cc6ccc7cc8cc9cc%10cc%11ccccc%11cc%10cc9cc8cc7c6cc5cc4cc23)=C(C)C1=O. The van der Waals surface area contributed by atoms with Gasteiger partial charge in [0.05, 0.1) is 14.2 Å². The summed E-state index contributed by atoms with van der Waals surface area (Å²) in [6.07, 6.45) is 0. The van der Waals surface area contributed by atoms with Gasteiger partial charge in [0.15, 0.2) is 0 Å². The van der Waals surface area contributed by atoms with Crippen LogP contribution in [0.4, 0.5) is 0 Å². The highest BCUT2D eigenvalue weighted by Crippen LogP contribution is 2.39. The molecule has 0 aliphatic heterocycles. The topological polar surface area (TPSA) is 52.6 Å². The minimum atomic E-state index is -0.358. The van der Waals surface area contributed by atoms with Gasteiger partial charge in [-0.25, -0.2) is 0 Å². The zero-order valence-corrected chi connectivity index (χ0v) is 30.4. The summed E-state index contributed by atoms with van der Waals surface area (Å²) in [5.41, 5.74) is 1.38. The fourth-order valence-electron chi connectivity index (χ4n) is 8.97. The lowest BCUT2D eigenvalue weighted by atomic mass is 9.85. The van der Waals surface area contributed by atoms with Crippen LogP contribution in [0.1, 0.15) is 12.5 Å². The third kappa shape index (κ3) is 4.64. The Balaban J connectivity index is 1.08. The van der Waals surface area contributed by atoms with E-state index in [1.54, 1.807) is 6.92 Å². The standard InChI is InChI=1S/C51H32O4/c1-27-47(49(53)51(55-3)50(54-2)48(27)52)43-10-6-9-30-15-35-20-36-16-31-11-12-32-17-37-21-38-18-33-13-28-7-4-5-8-29(28)14-34(33)19-39(38)22-40(37)25-45(32)46(31)26-42(36)23-41(35)24-44(30)43/h4-26H,1-3H3. The van der Waals surface area contributed by atoms with Gasteiger partial charge in [-0.2, -0.15) is 0 Å². The number of Topliss-reactive ketones (excluding diaryl/α,β-unsaturated/α-hetero) is 2. The Bertz CT molecular complexity index is 3490. The van der Waals surface area contributed by atoms with Crippen molar-refractivity contribution in [2.75, 3.05) is 14.2 Å². The maximum atomic E-state index is 13.8. The summed E-state index contributed by atoms with van der Waals surface area (Å²) >= 11 is 0. The highest BCUT2D eigenvalue weighted by Gasteiger charge is 2.36. The number of hydrogen-bond donors (Lipinski definition) is 0. The van der Waals surface area contributed by atoms with Gasteiger partial charge in [-0.05, 0) is 194 Å². The lowest BCUT2D eigenvalue weighted by molar-refractivity contribution is -0.119. The van der Waals surface area contributed by atoms with E-state index in [2.05, 4.69) is 121 Å². The van der Waals surface area contributed by atoms with E-state index in [-0.39, 0.29) is 23.1 Å². The number of allylic oxidation sites excluding steroid dienone is 2. The van der Waals surface area contributed by atoms with Gasteiger partial charge < -0.3 is 9.47 Å². The lowest BCUT2D eigenvalue weighted by Crippen LogP contribution is -2.24. The molecule has 10 aromatic carbocycles. The summed E-state index contributed by atoms with van der Waals surface area (Å²) in [5, 5.41) is 21.1. The van der Waals surface area contributed by atoms with Crippen LogP contribution >= 0.6 is 0 Å². The van der Waals surface area contributed by atoms with Crippen molar-refractivity contribution in [3.8, 4) is 0 Å². The predicted octanol–water partition coefficient (Wildman–Crippen LogP) is 12.5. The van der Waals surface area contributed by atoms with Crippen LogP contribution in [-0.2, 0) is 19.1 Å².